The van der Waals surface area contributed by atoms with Crippen molar-refractivity contribution in [3.8, 4) is 11.3 Å². The summed E-state index contributed by atoms with van der Waals surface area (Å²) in [5.41, 5.74) is 2.67. The minimum Gasteiger partial charge on any atom is -0.268 e. The second-order valence-corrected chi connectivity index (χ2v) is 6.68. The number of aromatic nitrogens is 2. The summed E-state index contributed by atoms with van der Waals surface area (Å²) in [7, 11) is 0. The quantitative estimate of drug-likeness (QED) is 0.627. The third kappa shape index (κ3) is 3.54. The Bertz CT molecular complexity index is 857. The standard InChI is InChI=1S/C17H12Br2N2O/c18-14-6-4-12(5-7-14)11-21-17(22)9-8-16(20-21)13-2-1-3-15(19)10-13/h1-10H,11H2. The molecule has 0 aliphatic carbocycles. The normalized spacial score (nSPS) is 10.6. The van der Waals surface area contributed by atoms with Crippen molar-refractivity contribution in [2.75, 3.05) is 0 Å². The van der Waals surface area contributed by atoms with Crippen LogP contribution < -0.4 is 5.56 Å². The van der Waals surface area contributed by atoms with Crippen LogP contribution in [0.3, 0.4) is 0 Å². The van der Waals surface area contributed by atoms with Gasteiger partial charge in [0.2, 0.25) is 0 Å². The van der Waals surface area contributed by atoms with E-state index in [9.17, 15) is 4.79 Å². The maximum absolute atomic E-state index is 12.0. The number of hydrogen-bond acceptors (Lipinski definition) is 2. The molecular formula is C17H12Br2N2O. The first-order chi connectivity index (χ1) is 10.6. The van der Waals surface area contributed by atoms with E-state index in [0.29, 0.717) is 6.54 Å². The molecule has 22 heavy (non-hydrogen) atoms. The molecule has 0 spiro atoms. The van der Waals surface area contributed by atoms with Gasteiger partial charge >= 0.3 is 0 Å². The van der Waals surface area contributed by atoms with Crippen LogP contribution in [0.5, 0.6) is 0 Å². The average molecular weight is 420 g/mol. The van der Waals surface area contributed by atoms with Gasteiger partial charge in [0, 0.05) is 20.6 Å². The first-order valence-electron chi connectivity index (χ1n) is 6.70. The van der Waals surface area contributed by atoms with Gasteiger partial charge in [0.1, 0.15) is 0 Å². The maximum atomic E-state index is 12.0. The Labute approximate surface area is 144 Å². The van der Waals surface area contributed by atoms with Crippen molar-refractivity contribution in [1.82, 2.24) is 9.78 Å². The van der Waals surface area contributed by atoms with Crippen molar-refractivity contribution in [1.29, 1.82) is 0 Å². The van der Waals surface area contributed by atoms with Crippen LogP contribution in [0.2, 0.25) is 0 Å². The largest absolute Gasteiger partial charge is 0.268 e. The van der Waals surface area contributed by atoms with Gasteiger partial charge in [0.05, 0.1) is 12.2 Å². The predicted octanol–water partition coefficient (Wildman–Crippen LogP) is 4.48. The van der Waals surface area contributed by atoms with E-state index in [1.54, 1.807) is 12.1 Å². The van der Waals surface area contributed by atoms with Crippen LogP contribution in [-0.2, 0) is 6.54 Å². The summed E-state index contributed by atoms with van der Waals surface area (Å²) in [6.45, 7) is 0.452. The van der Waals surface area contributed by atoms with E-state index in [2.05, 4.69) is 37.0 Å². The summed E-state index contributed by atoms with van der Waals surface area (Å²) in [4.78, 5) is 12.0. The molecule has 1 aromatic heterocycles. The molecule has 0 unspecified atom stereocenters. The summed E-state index contributed by atoms with van der Waals surface area (Å²) in [6, 6.07) is 19.0. The highest BCUT2D eigenvalue weighted by molar-refractivity contribution is 9.10. The summed E-state index contributed by atoms with van der Waals surface area (Å²) in [5.74, 6) is 0. The van der Waals surface area contributed by atoms with Gasteiger partial charge in [-0.05, 0) is 35.9 Å². The summed E-state index contributed by atoms with van der Waals surface area (Å²) in [5, 5.41) is 4.47. The summed E-state index contributed by atoms with van der Waals surface area (Å²) < 4.78 is 3.48. The van der Waals surface area contributed by atoms with Gasteiger partial charge in [-0.2, -0.15) is 5.10 Å². The summed E-state index contributed by atoms with van der Waals surface area (Å²) >= 11 is 6.86. The maximum Gasteiger partial charge on any atom is 0.267 e. The Balaban J connectivity index is 1.96. The lowest BCUT2D eigenvalue weighted by Gasteiger charge is -2.08. The zero-order chi connectivity index (χ0) is 15.5. The highest BCUT2D eigenvalue weighted by Gasteiger charge is 2.05. The molecule has 0 aliphatic heterocycles. The molecule has 110 valence electrons. The smallest absolute Gasteiger partial charge is 0.267 e. The molecule has 3 aromatic rings. The fourth-order valence-electron chi connectivity index (χ4n) is 2.13. The molecule has 0 fully saturated rings. The molecule has 2 aromatic carbocycles. The van der Waals surface area contributed by atoms with E-state index in [4.69, 9.17) is 0 Å². The van der Waals surface area contributed by atoms with E-state index in [-0.39, 0.29) is 5.56 Å². The van der Waals surface area contributed by atoms with Crippen LogP contribution in [0.4, 0.5) is 0 Å². The first kappa shape index (κ1) is 15.2. The van der Waals surface area contributed by atoms with Crippen molar-refractivity contribution in [2.45, 2.75) is 6.54 Å². The van der Waals surface area contributed by atoms with E-state index in [1.807, 2.05) is 48.5 Å². The third-order valence-corrected chi connectivity index (χ3v) is 4.25. The third-order valence-electron chi connectivity index (χ3n) is 3.23. The van der Waals surface area contributed by atoms with E-state index in [0.717, 1.165) is 25.8 Å². The molecule has 0 aliphatic rings. The molecule has 3 rings (SSSR count). The number of halogens is 2. The van der Waals surface area contributed by atoms with E-state index < -0.39 is 0 Å². The van der Waals surface area contributed by atoms with Crippen LogP contribution in [0.25, 0.3) is 11.3 Å². The fraction of sp³-hybridized carbons (Fsp3) is 0.0588. The molecule has 1 heterocycles. The number of hydrogen-bond donors (Lipinski definition) is 0. The topological polar surface area (TPSA) is 34.9 Å². The Morgan fingerprint density at radius 1 is 0.909 bits per heavy atom. The van der Waals surface area contributed by atoms with Crippen molar-refractivity contribution in [2.24, 2.45) is 0 Å². The molecule has 0 saturated heterocycles. The lowest BCUT2D eigenvalue weighted by atomic mass is 10.1. The molecule has 0 atom stereocenters. The fourth-order valence-corrected chi connectivity index (χ4v) is 2.79. The zero-order valence-corrected chi connectivity index (χ0v) is 14.7. The molecular weight excluding hydrogens is 408 g/mol. The van der Waals surface area contributed by atoms with Crippen LogP contribution in [0.1, 0.15) is 5.56 Å². The second-order valence-electron chi connectivity index (χ2n) is 4.85. The lowest BCUT2D eigenvalue weighted by Crippen LogP contribution is -2.22. The van der Waals surface area contributed by atoms with Crippen LogP contribution in [0, 0.1) is 0 Å². The van der Waals surface area contributed by atoms with E-state index in [1.165, 1.54) is 4.68 Å². The number of nitrogens with zero attached hydrogens (tertiary/aromatic N) is 2. The average Bonchev–Trinajstić information content (AvgIpc) is 2.52. The second kappa shape index (κ2) is 6.58. The van der Waals surface area contributed by atoms with Gasteiger partial charge in [0.15, 0.2) is 0 Å². The Morgan fingerprint density at radius 3 is 2.41 bits per heavy atom. The van der Waals surface area contributed by atoms with Crippen molar-refractivity contribution in [3.63, 3.8) is 0 Å². The van der Waals surface area contributed by atoms with Crippen molar-refractivity contribution >= 4 is 31.9 Å². The van der Waals surface area contributed by atoms with Crippen LogP contribution in [-0.4, -0.2) is 9.78 Å². The highest BCUT2D eigenvalue weighted by Crippen LogP contribution is 2.20. The zero-order valence-electron chi connectivity index (χ0n) is 11.5. The van der Waals surface area contributed by atoms with Gasteiger partial charge < -0.3 is 0 Å². The van der Waals surface area contributed by atoms with Gasteiger partial charge in [-0.15, -0.1) is 0 Å². The Hall–Kier alpha value is -1.72. The number of benzene rings is 2. The molecule has 0 radical (unpaired) electrons. The first-order valence-corrected chi connectivity index (χ1v) is 8.29. The van der Waals surface area contributed by atoms with Crippen LogP contribution >= 0.6 is 31.9 Å². The predicted molar refractivity (Wildman–Crippen MR) is 94.9 cm³/mol. The van der Waals surface area contributed by atoms with Gasteiger partial charge in [-0.1, -0.05) is 56.1 Å². The van der Waals surface area contributed by atoms with Crippen molar-refractivity contribution in [3.05, 3.63) is 85.5 Å². The minimum absolute atomic E-state index is 0.110. The molecule has 0 bridgehead atoms. The van der Waals surface area contributed by atoms with Gasteiger partial charge in [-0.25, -0.2) is 4.68 Å². The Kier molecular flexibility index (Phi) is 4.55. The van der Waals surface area contributed by atoms with E-state index >= 15 is 0 Å². The minimum atomic E-state index is -0.110. The van der Waals surface area contributed by atoms with Crippen LogP contribution in [0.15, 0.2) is 74.4 Å². The monoisotopic (exact) mass is 418 g/mol. The highest BCUT2D eigenvalue weighted by atomic mass is 79.9. The van der Waals surface area contributed by atoms with Gasteiger partial charge in [-0.3, -0.25) is 4.79 Å². The van der Waals surface area contributed by atoms with Gasteiger partial charge in [0.25, 0.3) is 5.56 Å². The molecule has 0 saturated carbocycles. The summed E-state index contributed by atoms with van der Waals surface area (Å²) in [6.07, 6.45) is 0. The lowest BCUT2D eigenvalue weighted by molar-refractivity contribution is 0.642. The molecule has 3 nitrogen and oxygen atoms in total. The molecule has 0 N–H and O–H groups in total. The molecule has 0 amide bonds. The SMILES string of the molecule is O=c1ccc(-c2cccc(Br)c2)nn1Cc1ccc(Br)cc1. The molecule has 5 heteroatoms. The van der Waals surface area contributed by atoms with Crippen molar-refractivity contribution < 1.29 is 0 Å². The Morgan fingerprint density at radius 2 is 1.68 bits per heavy atom. The number of rotatable bonds is 3.